The van der Waals surface area contributed by atoms with Gasteiger partial charge in [-0.2, -0.15) is 26.3 Å². The van der Waals surface area contributed by atoms with Gasteiger partial charge in [-0.1, -0.05) is 38.1 Å². The number of hydrogen-bond donors (Lipinski definition) is 0. The van der Waals surface area contributed by atoms with Gasteiger partial charge in [-0.3, -0.25) is 4.90 Å². The molecule has 33 heavy (non-hydrogen) atoms. The minimum absolute atomic E-state index is 0.0164. The number of halogens is 6. The molecule has 0 amide bonds. The quantitative estimate of drug-likeness (QED) is 0.312. The summed E-state index contributed by atoms with van der Waals surface area (Å²) >= 11 is 0. The molecule has 0 heterocycles. The molecule has 0 aromatic heterocycles. The predicted molar refractivity (Wildman–Crippen MR) is 120 cm³/mol. The molecule has 0 fully saturated rings. The number of benzene rings is 1. The second-order valence-electron chi connectivity index (χ2n) is 11.1. The van der Waals surface area contributed by atoms with E-state index in [9.17, 15) is 26.3 Å². The van der Waals surface area contributed by atoms with Gasteiger partial charge in [0.25, 0.3) is 0 Å². The van der Waals surface area contributed by atoms with Gasteiger partial charge in [-0.25, -0.2) is 0 Å². The molecule has 8 heteroatoms. The van der Waals surface area contributed by atoms with Crippen LogP contribution in [0.3, 0.4) is 0 Å². The van der Waals surface area contributed by atoms with Crippen molar-refractivity contribution in [2.24, 2.45) is 5.41 Å². The Morgan fingerprint density at radius 3 is 1.97 bits per heavy atom. The summed E-state index contributed by atoms with van der Waals surface area (Å²) < 4.78 is 85.4. The van der Waals surface area contributed by atoms with Crippen LogP contribution in [0.1, 0.15) is 85.5 Å². The summed E-state index contributed by atoms with van der Waals surface area (Å²) in [5.41, 5.74) is -1.43. The molecule has 0 aliphatic rings. The molecule has 192 valence electrons. The van der Waals surface area contributed by atoms with Gasteiger partial charge in [0.05, 0.1) is 23.7 Å². The highest BCUT2D eigenvalue weighted by Gasteiger charge is 2.47. The molecule has 0 aliphatic heterocycles. The third kappa shape index (κ3) is 10.3. The molecule has 1 rings (SSSR count). The second kappa shape index (κ2) is 10.5. The van der Waals surface area contributed by atoms with Gasteiger partial charge < -0.3 is 4.74 Å². The molecule has 0 N–H and O–H groups in total. The average molecular weight is 484 g/mol. The first-order valence-corrected chi connectivity index (χ1v) is 11.3. The summed E-state index contributed by atoms with van der Waals surface area (Å²) in [7, 11) is 0. The largest absolute Gasteiger partial charge is 0.401 e. The highest BCUT2D eigenvalue weighted by atomic mass is 19.4. The standard InChI is InChI=1S/C25H39F6NO/c1-18(33-21(2,3)4)20-12-9-11-19(15-20)16-23(7,8)32(17-24(26,27)28)14-10-13-22(5,6)25(29,30)31/h9,11-12,15,18H,10,13-14,16-17H2,1-8H3. The highest BCUT2D eigenvalue weighted by Crippen LogP contribution is 2.41. The van der Waals surface area contributed by atoms with Crippen LogP contribution in [-0.2, 0) is 11.2 Å². The fraction of sp³-hybridized carbons (Fsp3) is 0.760. The van der Waals surface area contributed by atoms with Crippen molar-refractivity contribution in [1.29, 1.82) is 0 Å². The Kier molecular flexibility index (Phi) is 9.51. The smallest absolute Gasteiger partial charge is 0.368 e. The first-order valence-electron chi connectivity index (χ1n) is 11.3. The van der Waals surface area contributed by atoms with Crippen LogP contribution >= 0.6 is 0 Å². The summed E-state index contributed by atoms with van der Waals surface area (Å²) in [6.07, 6.45) is -8.94. The van der Waals surface area contributed by atoms with Gasteiger partial charge in [0.15, 0.2) is 0 Å². The van der Waals surface area contributed by atoms with E-state index in [1.807, 2.05) is 52.0 Å². The van der Waals surface area contributed by atoms with Crippen molar-refractivity contribution in [2.45, 2.75) is 104 Å². The number of alkyl halides is 6. The van der Waals surface area contributed by atoms with Gasteiger partial charge in [0.2, 0.25) is 0 Å². The Balaban J connectivity index is 3.01. The Bertz CT molecular complexity index is 746. The Labute approximate surface area is 194 Å². The number of rotatable bonds is 10. The van der Waals surface area contributed by atoms with Crippen LogP contribution in [0.15, 0.2) is 24.3 Å². The van der Waals surface area contributed by atoms with Crippen LogP contribution in [0, 0.1) is 5.41 Å². The minimum atomic E-state index is -4.45. The lowest BCUT2D eigenvalue weighted by atomic mass is 9.86. The van der Waals surface area contributed by atoms with Crippen LogP contribution in [0.4, 0.5) is 26.3 Å². The monoisotopic (exact) mass is 483 g/mol. The zero-order valence-electron chi connectivity index (χ0n) is 21.0. The lowest BCUT2D eigenvalue weighted by molar-refractivity contribution is -0.214. The SMILES string of the molecule is CC(OC(C)(C)C)c1cccc(CC(C)(C)N(CCCC(C)(C)C(F)(F)F)CC(F)(F)F)c1. The van der Waals surface area contributed by atoms with Crippen molar-refractivity contribution in [3.05, 3.63) is 35.4 Å². The third-order valence-electron chi connectivity index (χ3n) is 5.81. The van der Waals surface area contributed by atoms with Crippen molar-refractivity contribution in [2.75, 3.05) is 13.1 Å². The lowest BCUT2D eigenvalue weighted by Gasteiger charge is -2.40. The molecule has 0 radical (unpaired) electrons. The van der Waals surface area contributed by atoms with E-state index in [1.165, 1.54) is 4.90 Å². The van der Waals surface area contributed by atoms with E-state index in [0.717, 1.165) is 25.0 Å². The topological polar surface area (TPSA) is 12.5 Å². The van der Waals surface area contributed by atoms with Crippen LogP contribution in [0.2, 0.25) is 0 Å². The van der Waals surface area contributed by atoms with Crippen molar-refractivity contribution in [3.63, 3.8) is 0 Å². The summed E-state index contributed by atoms with van der Waals surface area (Å²) in [5, 5.41) is 0. The summed E-state index contributed by atoms with van der Waals surface area (Å²) in [6, 6.07) is 7.55. The van der Waals surface area contributed by atoms with Crippen LogP contribution < -0.4 is 0 Å². The van der Waals surface area contributed by atoms with Crippen molar-refractivity contribution in [1.82, 2.24) is 4.90 Å². The minimum Gasteiger partial charge on any atom is -0.368 e. The van der Waals surface area contributed by atoms with Crippen LogP contribution in [0.5, 0.6) is 0 Å². The summed E-state index contributed by atoms with van der Waals surface area (Å²) in [6.45, 7) is 12.1. The molecule has 0 spiro atoms. The molecule has 1 aromatic carbocycles. The van der Waals surface area contributed by atoms with E-state index in [-0.39, 0.29) is 31.1 Å². The Morgan fingerprint density at radius 1 is 0.909 bits per heavy atom. The predicted octanol–water partition coefficient (Wildman–Crippen LogP) is 8.12. The summed E-state index contributed by atoms with van der Waals surface area (Å²) in [5.74, 6) is 0. The molecule has 1 unspecified atom stereocenters. The average Bonchev–Trinajstić information content (AvgIpc) is 2.57. The van der Waals surface area contributed by atoms with Gasteiger partial charge in [0.1, 0.15) is 0 Å². The molecule has 0 saturated carbocycles. The van der Waals surface area contributed by atoms with Gasteiger partial charge >= 0.3 is 12.4 Å². The van der Waals surface area contributed by atoms with Gasteiger partial charge in [-0.05, 0) is 78.5 Å². The first kappa shape index (κ1) is 29.8. The zero-order chi connectivity index (χ0) is 25.9. The molecule has 0 saturated heterocycles. The van der Waals surface area contributed by atoms with E-state index in [0.29, 0.717) is 6.42 Å². The van der Waals surface area contributed by atoms with E-state index in [2.05, 4.69) is 0 Å². The number of nitrogens with zero attached hydrogens (tertiary/aromatic N) is 1. The van der Waals surface area contributed by atoms with E-state index in [1.54, 1.807) is 13.8 Å². The van der Waals surface area contributed by atoms with Crippen LogP contribution in [-0.4, -0.2) is 41.5 Å². The molecule has 1 atom stereocenters. The molecule has 0 bridgehead atoms. The van der Waals surface area contributed by atoms with E-state index in [4.69, 9.17) is 4.74 Å². The fourth-order valence-corrected chi connectivity index (χ4v) is 3.83. The highest BCUT2D eigenvalue weighted by molar-refractivity contribution is 5.26. The Hall–Kier alpha value is -1.28. The van der Waals surface area contributed by atoms with Gasteiger partial charge in [0, 0.05) is 5.54 Å². The van der Waals surface area contributed by atoms with Crippen molar-refractivity contribution in [3.8, 4) is 0 Å². The fourth-order valence-electron chi connectivity index (χ4n) is 3.83. The van der Waals surface area contributed by atoms with Crippen molar-refractivity contribution < 1.29 is 31.1 Å². The lowest BCUT2D eigenvalue weighted by Crippen LogP contribution is -2.50. The zero-order valence-corrected chi connectivity index (χ0v) is 21.0. The van der Waals surface area contributed by atoms with Gasteiger partial charge in [-0.15, -0.1) is 0 Å². The third-order valence-corrected chi connectivity index (χ3v) is 5.81. The summed E-state index contributed by atoms with van der Waals surface area (Å²) in [4.78, 5) is 1.25. The first-order chi connectivity index (χ1) is 14.6. The second-order valence-corrected chi connectivity index (χ2v) is 11.1. The maximum Gasteiger partial charge on any atom is 0.401 e. The molecule has 0 aliphatic carbocycles. The Morgan fingerprint density at radius 2 is 1.48 bits per heavy atom. The molecule has 1 aromatic rings. The van der Waals surface area contributed by atoms with E-state index < -0.39 is 29.9 Å². The molecular formula is C25H39F6NO. The number of hydrogen-bond acceptors (Lipinski definition) is 2. The maximum atomic E-state index is 13.3. The molecular weight excluding hydrogens is 444 g/mol. The number of ether oxygens (including phenoxy) is 1. The molecule has 2 nitrogen and oxygen atoms in total. The normalized spacial score (nSPS) is 15.2. The van der Waals surface area contributed by atoms with Crippen LogP contribution in [0.25, 0.3) is 0 Å². The van der Waals surface area contributed by atoms with E-state index >= 15 is 0 Å². The van der Waals surface area contributed by atoms with Crippen molar-refractivity contribution >= 4 is 0 Å². The maximum absolute atomic E-state index is 13.3.